The van der Waals surface area contributed by atoms with E-state index in [0.29, 0.717) is 36.1 Å². The van der Waals surface area contributed by atoms with Crippen molar-refractivity contribution in [1.29, 1.82) is 0 Å². The molecule has 2 heterocycles. The minimum Gasteiger partial charge on any atom is -0.494 e. The number of amides is 1. The summed E-state index contributed by atoms with van der Waals surface area (Å²) < 4.78 is 24.7. The van der Waals surface area contributed by atoms with Crippen LogP contribution in [0.25, 0.3) is 11.4 Å². The van der Waals surface area contributed by atoms with Crippen molar-refractivity contribution in [2.24, 2.45) is 0 Å². The van der Waals surface area contributed by atoms with Gasteiger partial charge in [0, 0.05) is 24.2 Å². The maximum absolute atomic E-state index is 13.9. The van der Waals surface area contributed by atoms with E-state index in [2.05, 4.69) is 10.1 Å². The third kappa shape index (κ3) is 3.47. The third-order valence-corrected chi connectivity index (χ3v) is 4.81. The van der Waals surface area contributed by atoms with Gasteiger partial charge in [-0.3, -0.25) is 4.79 Å². The molecule has 2 aromatic carbocycles. The molecule has 0 N–H and O–H groups in total. The number of ether oxygens (including phenoxy) is 1. The van der Waals surface area contributed by atoms with Crippen molar-refractivity contribution < 1.29 is 18.4 Å². The number of aromatic nitrogens is 2. The number of anilines is 1. The zero-order valence-electron chi connectivity index (χ0n) is 15.7. The smallest absolute Gasteiger partial charge is 0.232 e. The lowest BCUT2D eigenvalue weighted by Gasteiger charge is -2.16. The van der Waals surface area contributed by atoms with Crippen molar-refractivity contribution in [3.63, 3.8) is 0 Å². The molecule has 1 saturated heterocycles. The van der Waals surface area contributed by atoms with Crippen molar-refractivity contribution in [3.05, 3.63) is 59.7 Å². The fourth-order valence-corrected chi connectivity index (χ4v) is 3.26. The van der Waals surface area contributed by atoms with Gasteiger partial charge in [-0.1, -0.05) is 11.2 Å². The lowest BCUT2D eigenvalue weighted by Crippen LogP contribution is -2.24. The Labute approximate surface area is 161 Å². The highest BCUT2D eigenvalue weighted by Crippen LogP contribution is 2.32. The Morgan fingerprint density at radius 3 is 2.75 bits per heavy atom. The number of aryl methyl sites for hydroxylation is 1. The molecule has 0 radical (unpaired) electrons. The maximum atomic E-state index is 13.9. The molecule has 144 valence electrons. The second-order valence-corrected chi connectivity index (χ2v) is 6.75. The molecule has 1 aromatic heterocycles. The van der Waals surface area contributed by atoms with Crippen LogP contribution in [0, 0.1) is 12.7 Å². The van der Waals surface area contributed by atoms with Crippen LogP contribution in [0.15, 0.2) is 47.0 Å². The minimum atomic E-state index is -0.329. The summed E-state index contributed by atoms with van der Waals surface area (Å²) in [5, 5.41) is 4.04. The van der Waals surface area contributed by atoms with E-state index in [1.807, 2.05) is 31.2 Å². The summed E-state index contributed by atoms with van der Waals surface area (Å²) in [6, 6.07) is 12.2. The molecule has 0 bridgehead atoms. The van der Waals surface area contributed by atoms with Crippen molar-refractivity contribution >= 4 is 11.6 Å². The zero-order valence-corrected chi connectivity index (χ0v) is 15.7. The van der Waals surface area contributed by atoms with E-state index in [4.69, 9.17) is 9.26 Å². The molecule has 0 spiro atoms. The van der Waals surface area contributed by atoms with Crippen LogP contribution in [0.2, 0.25) is 0 Å². The summed E-state index contributed by atoms with van der Waals surface area (Å²) in [6.45, 7) is 4.60. The van der Waals surface area contributed by atoms with Gasteiger partial charge in [0.25, 0.3) is 0 Å². The van der Waals surface area contributed by atoms with Crippen molar-refractivity contribution in [3.8, 4) is 17.1 Å². The first-order chi connectivity index (χ1) is 13.5. The Bertz CT molecular complexity index is 1000. The number of nitrogens with zero attached hydrogens (tertiary/aromatic N) is 3. The molecule has 3 aromatic rings. The van der Waals surface area contributed by atoms with Gasteiger partial charge in [-0.2, -0.15) is 4.98 Å². The normalized spacial score (nSPS) is 16.6. The van der Waals surface area contributed by atoms with Gasteiger partial charge < -0.3 is 14.2 Å². The third-order valence-electron chi connectivity index (χ3n) is 4.81. The van der Waals surface area contributed by atoms with E-state index in [1.54, 1.807) is 24.0 Å². The van der Waals surface area contributed by atoms with Crippen LogP contribution in [-0.4, -0.2) is 29.2 Å². The second kappa shape index (κ2) is 7.42. The predicted octanol–water partition coefficient (Wildman–Crippen LogP) is 4.10. The van der Waals surface area contributed by atoms with Crippen LogP contribution in [0.1, 0.15) is 30.7 Å². The summed E-state index contributed by atoms with van der Waals surface area (Å²) in [5.74, 6) is 1.01. The number of hydrogen-bond acceptors (Lipinski definition) is 5. The van der Waals surface area contributed by atoms with Crippen molar-refractivity contribution in [2.45, 2.75) is 26.2 Å². The van der Waals surface area contributed by atoms with E-state index in [1.165, 1.54) is 6.07 Å². The number of benzene rings is 2. The first-order valence-corrected chi connectivity index (χ1v) is 9.18. The average Bonchev–Trinajstić information content (AvgIpc) is 3.32. The van der Waals surface area contributed by atoms with Crippen molar-refractivity contribution in [1.82, 2.24) is 10.1 Å². The molecule has 28 heavy (non-hydrogen) atoms. The first kappa shape index (κ1) is 18.2. The molecule has 6 nitrogen and oxygen atoms in total. The maximum Gasteiger partial charge on any atom is 0.232 e. The molecule has 1 atom stereocenters. The molecule has 7 heteroatoms. The van der Waals surface area contributed by atoms with Gasteiger partial charge >= 0.3 is 0 Å². The summed E-state index contributed by atoms with van der Waals surface area (Å²) in [4.78, 5) is 18.5. The van der Waals surface area contributed by atoms with E-state index in [9.17, 15) is 9.18 Å². The Balaban J connectivity index is 1.51. The minimum absolute atomic E-state index is 0.0888. The largest absolute Gasteiger partial charge is 0.494 e. The Morgan fingerprint density at radius 1 is 1.25 bits per heavy atom. The molecule has 1 fully saturated rings. The molecular formula is C21H20FN3O3. The fraction of sp³-hybridized carbons (Fsp3) is 0.286. The second-order valence-electron chi connectivity index (χ2n) is 6.75. The number of halogens is 1. The summed E-state index contributed by atoms with van der Waals surface area (Å²) in [7, 11) is 0. The van der Waals surface area contributed by atoms with E-state index < -0.39 is 0 Å². The molecule has 1 unspecified atom stereocenters. The van der Waals surface area contributed by atoms with Gasteiger partial charge in [0.15, 0.2) is 0 Å². The Morgan fingerprint density at radius 2 is 2.04 bits per heavy atom. The van der Waals surface area contributed by atoms with E-state index in [-0.39, 0.29) is 24.1 Å². The Hall–Kier alpha value is -3.22. The van der Waals surface area contributed by atoms with Crippen LogP contribution >= 0.6 is 0 Å². The molecule has 1 aliphatic heterocycles. The number of rotatable bonds is 5. The molecule has 0 aliphatic carbocycles. The molecule has 0 saturated carbocycles. The van der Waals surface area contributed by atoms with Gasteiger partial charge in [0.1, 0.15) is 11.6 Å². The lowest BCUT2D eigenvalue weighted by atomic mass is 10.1. The van der Waals surface area contributed by atoms with Gasteiger partial charge in [-0.25, -0.2) is 4.39 Å². The topological polar surface area (TPSA) is 68.5 Å². The first-order valence-electron chi connectivity index (χ1n) is 9.18. The van der Waals surface area contributed by atoms with Gasteiger partial charge in [0.2, 0.25) is 17.6 Å². The van der Waals surface area contributed by atoms with Gasteiger partial charge in [-0.15, -0.1) is 0 Å². The molecular weight excluding hydrogens is 361 g/mol. The highest BCUT2D eigenvalue weighted by molar-refractivity contribution is 5.96. The fourth-order valence-electron chi connectivity index (χ4n) is 3.26. The van der Waals surface area contributed by atoms with Crippen LogP contribution in [0.5, 0.6) is 5.75 Å². The summed E-state index contributed by atoms with van der Waals surface area (Å²) >= 11 is 0. The molecule has 4 rings (SSSR count). The van der Waals surface area contributed by atoms with Crippen molar-refractivity contribution in [2.75, 3.05) is 18.1 Å². The van der Waals surface area contributed by atoms with Crippen LogP contribution < -0.4 is 9.64 Å². The molecule has 1 aliphatic rings. The predicted molar refractivity (Wildman–Crippen MR) is 102 cm³/mol. The van der Waals surface area contributed by atoms with Gasteiger partial charge in [0.05, 0.1) is 12.5 Å². The quantitative estimate of drug-likeness (QED) is 0.665. The summed E-state index contributed by atoms with van der Waals surface area (Å²) in [6.07, 6.45) is 0.250. The number of hydrogen-bond donors (Lipinski definition) is 0. The van der Waals surface area contributed by atoms with Gasteiger partial charge in [-0.05, 0) is 55.8 Å². The average molecular weight is 381 g/mol. The zero-order chi connectivity index (χ0) is 19.7. The standard InChI is InChI=1S/C21H20FN3O3/c1-3-27-17-8-5-14(6-9-17)20-23-21(28-24-20)15-10-19(26)25(12-15)16-7-4-13(2)18(22)11-16/h4-9,11,15H,3,10,12H2,1-2H3. The lowest BCUT2D eigenvalue weighted by molar-refractivity contribution is -0.117. The van der Waals surface area contributed by atoms with Crippen LogP contribution in [0.4, 0.5) is 10.1 Å². The molecule has 1 amide bonds. The number of carbonyl (C=O) groups is 1. The SMILES string of the molecule is CCOc1ccc(-c2noc(C3CC(=O)N(c4ccc(C)c(F)c4)C3)n2)cc1. The Kier molecular flexibility index (Phi) is 4.81. The summed E-state index contributed by atoms with van der Waals surface area (Å²) in [5.41, 5.74) is 1.89. The van der Waals surface area contributed by atoms with Crippen LogP contribution in [0.3, 0.4) is 0 Å². The highest BCUT2D eigenvalue weighted by atomic mass is 19.1. The van der Waals surface area contributed by atoms with Crippen LogP contribution in [-0.2, 0) is 4.79 Å². The number of carbonyl (C=O) groups excluding carboxylic acids is 1. The highest BCUT2D eigenvalue weighted by Gasteiger charge is 2.35. The monoisotopic (exact) mass is 381 g/mol. The van der Waals surface area contributed by atoms with E-state index >= 15 is 0 Å². The van der Waals surface area contributed by atoms with E-state index in [0.717, 1.165) is 11.3 Å².